The Hall–Kier alpha value is -2.58. The number of nitrogens with zero attached hydrogens (tertiary/aromatic N) is 2. The first kappa shape index (κ1) is 20.2. The van der Waals surface area contributed by atoms with Crippen LogP contribution in [0.1, 0.15) is 37.7 Å². The highest BCUT2D eigenvalue weighted by molar-refractivity contribution is 5.62. The number of primary amides is 1. The number of nitrogens with two attached hydrogens (primary N) is 1. The summed E-state index contributed by atoms with van der Waals surface area (Å²) in [6.07, 6.45) is 7.33. The molecule has 2 aliphatic rings. The summed E-state index contributed by atoms with van der Waals surface area (Å²) < 4.78 is 19.4. The highest BCUT2D eigenvalue weighted by Gasteiger charge is 2.38. The molecule has 0 bridgehead atoms. The monoisotopic (exact) mass is 388 g/mol. The molecule has 1 saturated heterocycles. The predicted octanol–water partition coefficient (Wildman–Crippen LogP) is 2.35. The third kappa shape index (κ3) is 4.63. The van der Waals surface area contributed by atoms with Crippen molar-refractivity contribution >= 4 is 12.4 Å². The van der Waals surface area contributed by atoms with Crippen molar-refractivity contribution in [3.8, 4) is 11.3 Å². The van der Waals surface area contributed by atoms with Crippen molar-refractivity contribution in [2.45, 2.75) is 43.7 Å². The largest absolute Gasteiger partial charge is 0.380 e. The average Bonchev–Trinajstić information content (AvgIpc) is 2.69. The van der Waals surface area contributed by atoms with E-state index < -0.39 is 11.4 Å². The van der Waals surface area contributed by atoms with Crippen LogP contribution in [0.5, 0.6) is 0 Å². The van der Waals surface area contributed by atoms with E-state index in [9.17, 15) is 9.50 Å². The second kappa shape index (κ2) is 9.07. The number of hydrogen-bond donors (Lipinski definition) is 3. The van der Waals surface area contributed by atoms with Crippen LogP contribution in [0.25, 0.3) is 11.3 Å². The lowest BCUT2D eigenvalue weighted by Crippen LogP contribution is -2.46. The van der Waals surface area contributed by atoms with Crippen molar-refractivity contribution in [2.24, 2.45) is 5.73 Å². The second-order valence-electron chi connectivity index (χ2n) is 7.11. The number of anilines is 1. The van der Waals surface area contributed by atoms with Gasteiger partial charge in [-0.3, -0.25) is 4.79 Å². The standard InChI is InChI=1S/C19H22FN3O2.CH3NO/c20-16-10-21-18(22-15-7-2-1-3-8-15)23-17(16)13-5-4-6-14(9-13)19(24)11-25-12-19;2-1-3/h4-6,9-10,15,24H,1-3,7-8,11-12H2,(H,21,22,23);1H,(H2,2,3). The average molecular weight is 388 g/mol. The van der Waals surface area contributed by atoms with Gasteiger partial charge in [0.25, 0.3) is 0 Å². The molecule has 1 saturated carbocycles. The number of carbonyl (C=O) groups is 1. The number of aliphatic hydroxyl groups is 1. The zero-order valence-corrected chi connectivity index (χ0v) is 15.6. The van der Waals surface area contributed by atoms with Gasteiger partial charge in [0, 0.05) is 11.6 Å². The van der Waals surface area contributed by atoms with E-state index in [1.807, 2.05) is 6.07 Å². The van der Waals surface area contributed by atoms with E-state index >= 15 is 0 Å². The first-order valence-corrected chi connectivity index (χ1v) is 9.41. The van der Waals surface area contributed by atoms with Crippen molar-refractivity contribution in [3.05, 3.63) is 41.8 Å². The Bertz CT molecular complexity index is 808. The summed E-state index contributed by atoms with van der Waals surface area (Å²) in [6.45, 7) is 0.522. The number of rotatable bonds is 4. The highest BCUT2D eigenvalue weighted by atomic mass is 19.1. The van der Waals surface area contributed by atoms with Crippen LogP contribution in [0.3, 0.4) is 0 Å². The lowest BCUT2D eigenvalue weighted by Gasteiger charge is -2.36. The molecule has 4 rings (SSSR count). The molecule has 2 heterocycles. The van der Waals surface area contributed by atoms with Crippen molar-refractivity contribution in [1.29, 1.82) is 0 Å². The molecule has 150 valence electrons. The summed E-state index contributed by atoms with van der Waals surface area (Å²) in [7, 11) is 0. The summed E-state index contributed by atoms with van der Waals surface area (Å²) in [4.78, 5) is 17.1. The number of amides is 1. The van der Waals surface area contributed by atoms with E-state index in [4.69, 9.17) is 9.53 Å². The van der Waals surface area contributed by atoms with Gasteiger partial charge in [0.05, 0.1) is 19.4 Å². The second-order valence-corrected chi connectivity index (χ2v) is 7.11. The van der Waals surface area contributed by atoms with Crippen molar-refractivity contribution in [3.63, 3.8) is 0 Å². The molecule has 1 aliphatic carbocycles. The summed E-state index contributed by atoms with van der Waals surface area (Å²) in [6, 6.07) is 7.55. The van der Waals surface area contributed by atoms with Gasteiger partial charge in [0.1, 0.15) is 11.3 Å². The zero-order chi connectivity index (χ0) is 20.0. The maximum absolute atomic E-state index is 14.3. The molecule has 0 unspecified atom stereocenters. The van der Waals surface area contributed by atoms with Crippen LogP contribution in [-0.4, -0.2) is 40.7 Å². The fraction of sp³-hybridized carbons (Fsp3) is 0.450. The summed E-state index contributed by atoms with van der Waals surface area (Å²) in [5.74, 6) is -0.0115. The fourth-order valence-corrected chi connectivity index (χ4v) is 3.49. The van der Waals surface area contributed by atoms with E-state index in [1.54, 1.807) is 18.2 Å². The van der Waals surface area contributed by atoms with Crippen LogP contribution in [0, 0.1) is 5.82 Å². The highest BCUT2D eigenvalue weighted by Crippen LogP contribution is 2.32. The predicted molar refractivity (Wildman–Crippen MR) is 103 cm³/mol. The molecule has 0 spiro atoms. The van der Waals surface area contributed by atoms with Crippen molar-refractivity contribution < 1.29 is 19.0 Å². The number of carbonyl (C=O) groups excluding carboxylic acids is 1. The number of aromatic nitrogens is 2. The number of halogens is 1. The lowest BCUT2D eigenvalue weighted by molar-refractivity contribution is -0.184. The topological polar surface area (TPSA) is 110 Å². The van der Waals surface area contributed by atoms with Gasteiger partial charge >= 0.3 is 0 Å². The first-order chi connectivity index (χ1) is 13.6. The molecule has 28 heavy (non-hydrogen) atoms. The van der Waals surface area contributed by atoms with Gasteiger partial charge in [-0.2, -0.15) is 0 Å². The Kier molecular flexibility index (Phi) is 6.53. The fourth-order valence-electron chi connectivity index (χ4n) is 3.49. The van der Waals surface area contributed by atoms with Gasteiger partial charge in [-0.15, -0.1) is 0 Å². The number of hydrogen-bond acceptors (Lipinski definition) is 6. The molecule has 0 radical (unpaired) electrons. The van der Waals surface area contributed by atoms with Gasteiger partial charge in [0.2, 0.25) is 12.4 Å². The molecule has 2 fully saturated rings. The minimum atomic E-state index is -0.983. The normalized spacial score (nSPS) is 18.4. The molecule has 7 nitrogen and oxygen atoms in total. The van der Waals surface area contributed by atoms with E-state index in [2.05, 4.69) is 21.0 Å². The third-order valence-electron chi connectivity index (χ3n) is 5.04. The molecule has 4 N–H and O–H groups in total. The van der Waals surface area contributed by atoms with Crippen LogP contribution >= 0.6 is 0 Å². The van der Waals surface area contributed by atoms with Gasteiger partial charge in [-0.25, -0.2) is 14.4 Å². The van der Waals surface area contributed by atoms with Crippen LogP contribution < -0.4 is 11.1 Å². The van der Waals surface area contributed by atoms with E-state index in [-0.39, 0.29) is 25.3 Å². The van der Waals surface area contributed by atoms with Crippen LogP contribution in [0.4, 0.5) is 10.3 Å². The van der Waals surface area contributed by atoms with Crippen molar-refractivity contribution in [2.75, 3.05) is 18.5 Å². The van der Waals surface area contributed by atoms with Gasteiger partial charge < -0.3 is 20.9 Å². The quantitative estimate of drug-likeness (QED) is 0.694. The SMILES string of the molecule is NC=O.OC1(c2cccc(-c3nc(NC4CCCCC4)ncc3F)c2)COC1. The molecule has 1 aliphatic heterocycles. The smallest absolute Gasteiger partial charge is 0.223 e. The summed E-state index contributed by atoms with van der Waals surface area (Å²) >= 11 is 0. The number of nitrogens with one attached hydrogen (secondary N) is 1. The van der Waals surface area contributed by atoms with Crippen molar-refractivity contribution in [1.82, 2.24) is 9.97 Å². The van der Waals surface area contributed by atoms with Crippen LogP contribution in [0.2, 0.25) is 0 Å². The number of ether oxygens (including phenoxy) is 1. The van der Waals surface area contributed by atoms with Crippen LogP contribution in [0.15, 0.2) is 30.5 Å². The molecular weight excluding hydrogens is 363 g/mol. The van der Waals surface area contributed by atoms with Crippen LogP contribution in [-0.2, 0) is 15.1 Å². The maximum atomic E-state index is 14.3. The van der Waals surface area contributed by atoms with E-state index in [0.717, 1.165) is 18.4 Å². The molecular formula is C20H25FN4O3. The lowest BCUT2D eigenvalue weighted by atomic mass is 9.90. The zero-order valence-electron chi connectivity index (χ0n) is 15.6. The van der Waals surface area contributed by atoms with E-state index in [0.29, 0.717) is 17.6 Å². The first-order valence-electron chi connectivity index (χ1n) is 9.41. The Morgan fingerprint density at radius 3 is 2.64 bits per heavy atom. The van der Waals surface area contributed by atoms with Gasteiger partial charge in [0.15, 0.2) is 5.82 Å². The Morgan fingerprint density at radius 2 is 2.00 bits per heavy atom. The van der Waals surface area contributed by atoms with Gasteiger partial charge in [-0.05, 0) is 24.5 Å². The minimum absolute atomic E-state index is 0.249. The summed E-state index contributed by atoms with van der Waals surface area (Å²) in [5, 5.41) is 13.8. The maximum Gasteiger partial charge on any atom is 0.223 e. The molecule has 8 heteroatoms. The Labute approximate surface area is 163 Å². The minimum Gasteiger partial charge on any atom is -0.380 e. The Morgan fingerprint density at radius 1 is 1.29 bits per heavy atom. The molecule has 1 aromatic carbocycles. The molecule has 2 aromatic rings. The van der Waals surface area contributed by atoms with Gasteiger partial charge in [-0.1, -0.05) is 37.5 Å². The molecule has 1 aromatic heterocycles. The van der Waals surface area contributed by atoms with E-state index in [1.165, 1.54) is 25.5 Å². The molecule has 1 amide bonds. The molecule has 0 atom stereocenters. The Balaban J connectivity index is 0.000000706. The summed E-state index contributed by atoms with van der Waals surface area (Å²) in [5.41, 5.74) is 4.78. The third-order valence-corrected chi connectivity index (χ3v) is 5.04. The number of benzene rings is 1.